The van der Waals surface area contributed by atoms with Gasteiger partial charge in [0, 0.05) is 25.8 Å². The molecule has 1 amide bonds. The molecule has 1 atom stereocenters. The van der Waals surface area contributed by atoms with Crippen LogP contribution in [0.4, 0.5) is 5.82 Å². The molecule has 1 fully saturated rings. The molecule has 0 aliphatic carbocycles. The number of hydrogen-bond acceptors (Lipinski definition) is 5. The summed E-state index contributed by atoms with van der Waals surface area (Å²) in [7, 11) is 1.61. The van der Waals surface area contributed by atoms with Crippen molar-refractivity contribution in [1.29, 1.82) is 0 Å². The van der Waals surface area contributed by atoms with Crippen LogP contribution in [-0.2, 0) is 11.3 Å². The van der Waals surface area contributed by atoms with Gasteiger partial charge in [-0.05, 0) is 55.7 Å². The number of carbonyl (C=O) groups is 1. The van der Waals surface area contributed by atoms with Crippen LogP contribution in [0, 0.1) is 0 Å². The lowest BCUT2D eigenvalue weighted by molar-refractivity contribution is -0.127. The molecule has 2 heterocycles. The van der Waals surface area contributed by atoms with E-state index in [1.165, 1.54) is 12.8 Å². The first-order chi connectivity index (χ1) is 12.7. The van der Waals surface area contributed by atoms with Gasteiger partial charge in [0.05, 0.1) is 7.11 Å². The fourth-order valence-electron chi connectivity index (χ4n) is 2.90. The third kappa shape index (κ3) is 4.65. The topological polar surface area (TPSA) is 63.7 Å². The maximum Gasteiger partial charge on any atom is 0.261 e. The third-order valence-corrected chi connectivity index (χ3v) is 4.45. The molecule has 1 aliphatic heterocycles. The van der Waals surface area contributed by atoms with E-state index in [2.05, 4.69) is 15.2 Å². The maximum absolute atomic E-state index is 12.2. The SMILES string of the molecule is COc1ccc(O[C@H](C)C(=O)NCc2ccc(N3CCCC3)nc2)cc1. The average molecular weight is 355 g/mol. The molecule has 2 aromatic rings. The highest BCUT2D eigenvalue weighted by Crippen LogP contribution is 2.19. The number of aromatic nitrogens is 1. The van der Waals surface area contributed by atoms with Crippen LogP contribution in [0.15, 0.2) is 42.6 Å². The van der Waals surface area contributed by atoms with E-state index in [0.717, 1.165) is 30.2 Å². The van der Waals surface area contributed by atoms with Gasteiger partial charge in [-0.2, -0.15) is 0 Å². The normalized spacial score (nSPS) is 14.8. The van der Waals surface area contributed by atoms with Crippen molar-refractivity contribution in [3.05, 3.63) is 48.2 Å². The van der Waals surface area contributed by atoms with Crippen molar-refractivity contribution in [2.75, 3.05) is 25.1 Å². The fraction of sp³-hybridized carbons (Fsp3) is 0.400. The van der Waals surface area contributed by atoms with Crippen molar-refractivity contribution >= 4 is 11.7 Å². The van der Waals surface area contributed by atoms with Gasteiger partial charge < -0.3 is 19.7 Å². The summed E-state index contributed by atoms with van der Waals surface area (Å²) in [6, 6.07) is 11.2. The van der Waals surface area contributed by atoms with E-state index < -0.39 is 6.10 Å². The second-order valence-corrected chi connectivity index (χ2v) is 6.37. The van der Waals surface area contributed by atoms with E-state index in [1.807, 2.05) is 18.3 Å². The minimum atomic E-state index is -0.583. The Balaban J connectivity index is 1.47. The Kier molecular flexibility index (Phi) is 5.94. The summed E-state index contributed by atoms with van der Waals surface area (Å²) >= 11 is 0. The van der Waals surface area contributed by atoms with Gasteiger partial charge in [-0.3, -0.25) is 4.79 Å². The highest BCUT2D eigenvalue weighted by atomic mass is 16.5. The molecule has 1 aromatic heterocycles. The van der Waals surface area contributed by atoms with Crippen LogP contribution < -0.4 is 19.7 Å². The largest absolute Gasteiger partial charge is 0.497 e. The zero-order chi connectivity index (χ0) is 18.4. The zero-order valence-electron chi connectivity index (χ0n) is 15.3. The number of anilines is 1. The minimum absolute atomic E-state index is 0.163. The van der Waals surface area contributed by atoms with Gasteiger partial charge in [0.2, 0.25) is 0 Å². The highest BCUT2D eigenvalue weighted by molar-refractivity contribution is 5.80. The summed E-state index contributed by atoms with van der Waals surface area (Å²) in [5.74, 6) is 2.22. The number of ether oxygens (including phenoxy) is 2. The van der Waals surface area contributed by atoms with Crippen LogP contribution in [0.25, 0.3) is 0 Å². The van der Waals surface area contributed by atoms with Gasteiger partial charge in [0.1, 0.15) is 17.3 Å². The number of benzene rings is 1. The van der Waals surface area contributed by atoms with E-state index in [-0.39, 0.29) is 5.91 Å². The Bertz CT molecular complexity index is 710. The molecule has 6 nitrogen and oxygen atoms in total. The number of amides is 1. The molecule has 0 unspecified atom stereocenters. The molecule has 138 valence electrons. The molecule has 1 aromatic carbocycles. The van der Waals surface area contributed by atoms with Gasteiger partial charge >= 0.3 is 0 Å². The molecule has 3 rings (SSSR count). The lowest BCUT2D eigenvalue weighted by Gasteiger charge is -2.17. The number of nitrogens with one attached hydrogen (secondary N) is 1. The minimum Gasteiger partial charge on any atom is -0.497 e. The molecule has 0 radical (unpaired) electrons. The van der Waals surface area contributed by atoms with E-state index in [1.54, 1.807) is 38.3 Å². The van der Waals surface area contributed by atoms with Gasteiger partial charge in [-0.25, -0.2) is 4.98 Å². The van der Waals surface area contributed by atoms with Crippen LogP contribution in [0.2, 0.25) is 0 Å². The molecular weight excluding hydrogens is 330 g/mol. The van der Waals surface area contributed by atoms with E-state index in [9.17, 15) is 4.79 Å². The summed E-state index contributed by atoms with van der Waals surface area (Å²) in [6.45, 7) is 4.31. The Hall–Kier alpha value is -2.76. The molecule has 0 spiro atoms. The summed E-state index contributed by atoms with van der Waals surface area (Å²) in [5.41, 5.74) is 0.970. The van der Waals surface area contributed by atoms with Crippen molar-refractivity contribution in [2.45, 2.75) is 32.4 Å². The molecule has 1 N–H and O–H groups in total. The standard InChI is InChI=1S/C20H25N3O3/c1-15(26-18-8-6-17(25-2)7-9-18)20(24)22-14-16-5-10-19(21-13-16)23-11-3-4-12-23/h5-10,13,15H,3-4,11-12,14H2,1-2H3,(H,22,24)/t15-/m1/s1. The molecule has 6 heteroatoms. The quantitative estimate of drug-likeness (QED) is 0.827. The van der Waals surface area contributed by atoms with Crippen LogP contribution in [-0.4, -0.2) is 37.2 Å². The summed E-state index contributed by atoms with van der Waals surface area (Å²) in [4.78, 5) is 19.0. The van der Waals surface area contributed by atoms with Crippen LogP contribution in [0.5, 0.6) is 11.5 Å². The van der Waals surface area contributed by atoms with Gasteiger partial charge in [0.15, 0.2) is 6.10 Å². The van der Waals surface area contributed by atoms with Gasteiger partial charge in [0.25, 0.3) is 5.91 Å². The molecular formula is C20H25N3O3. The Labute approximate surface area is 154 Å². The first kappa shape index (κ1) is 18.0. The zero-order valence-corrected chi connectivity index (χ0v) is 15.3. The molecule has 1 aliphatic rings. The van der Waals surface area contributed by atoms with Crippen molar-refractivity contribution in [2.24, 2.45) is 0 Å². The van der Waals surface area contributed by atoms with Gasteiger partial charge in [-0.1, -0.05) is 6.07 Å². The van der Waals surface area contributed by atoms with Crippen LogP contribution in [0.1, 0.15) is 25.3 Å². The van der Waals surface area contributed by atoms with Gasteiger partial charge in [-0.15, -0.1) is 0 Å². The van der Waals surface area contributed by atoms with Crippen LogP contribution in [0.3, 0.4) is 0 Å². The number of pyridine rings is 1. The summed E-state index contributed by atoms with van der Waals surface area (Å²) in [5, 5.41) is 2.89. The molecule has 1 saturated heterocycles. The number of hydrogen-bond donors (Lipinski definition) is 1. The second kappa shape index (κ2) is 8.56. The maximum atomic E-state index is 12.2. The number of nitrogens with zero attached hydrogens (tertiary/aromatic N) is 2. The first-order valence-corrected chi connectivity index (χ1v) is 8.94. The van der Waals surface area contributed by atoms with Crippen LogP contribution >= 0.6 is 0 Å². The summed E-state index contributed by atoms with van der Waals surface area (Å²) < 4.78 is 10.8. The predicted molar refractivity (Wildman–Crippen MR) is 101 cm³/mol. The lowest BCUT2D eigenvalue weighted by Crippen LogP contribution is -2.35. The lowest BCUT2D eigenvalue weighted by atomic mass is 10.2. The number of methoxy groups -OCH3 is 1. The first-order valence-electron chi connectivity index (χ1n) is 8.94. The van der Waals surface area contributed by atoms with Crippen molar-refractivity contribution in [1.82, 2.24) is 10.3 Å². The Morgan fingerprint density at radius 1 is 1.15 bits per heavy atom. The highest BCUT2D eigenvalue weighted by Gasteiger charge is 2.15. The number of carbonyl (C=O) groups excluding carboxylic acids is 1. The molecule has 26 heavy (non-hydrogen) atoms. The van der Waals surface area contributed by atoms with E-state index in [4.69, 9.17) is 9.47 Å². The smallest absolute Gasteiger partial charge is 0.261 e. The number of rotatable bonds is 7. The predicted octanol–water partition coefficient (Wildman–Crippen LogP) is 2.77. The molecule has 0 bridgehead atoms. The van der Waals surface area contributed by atoms with E-state index in [0.29, 0.717) is 12.3 Å². The van der Waals surface area contributed by atoms with Crippen molar-refractivity contribution < 1.29 is 14.3 Å². The van der Waals surface area contributed by atoms with Crippen molar-refractivity contribution in [3.8, 4) is 11.5 Å². The Morgan fingerprint density at radius 3 is 2.46 bits per heavy atom. The third-order valence-electron chi connectivity index (χ3n) is 4.45. The fourth-order valence-corrected chi connectivity index (χ4v) is 2.90. The second-order valence-electron chi connectivity index (χ2n) is 6.37. The average Bonchev–Trinajstić information content (AvgIpc) is 3.22. The van der Waals surface area contributed by atoms with E-state index >= 15 is 0 Å². The molecule has 0 saturated carbocycles. The Morgan fingerprint density at radius 2 is 1.85 bits per heavy atom. The summed E-state index contributed by atoms with van der Waals surface area (Å²) in [6.07, 6.45) is 3.69. The van der Waals surface area contributed by atoms with Crippen molar-refractivity contribution in [3.63, 3.8) is 0 Å². The monoisotopic (exact) mass is 355 g/mol.